The number of nitrogens with zero attached hydrogens (tertiary/aromatic N) is 3. The summed E-state index contributed by atoms with van der Waals surface area (Å²) in [6.07, 6.45) is -0.624. The van der Waals surface area contributed by atoms with Crippen molar-refractivity contribution in [2.75, 3.05) is 11.9 Å². The van der Waals surface area contributed by atoms with E-state index < -0.39 is 12.8 Å². The van der Waals surface area contributed by atoms with Crippen LogP contribution in [0.1, 0.15) is 33.7 Å². The maximum Gasteiger partial charge on any atom is 0.422 e. The largest absolute Gasteiger partial charge is 0.468 e. The number of hydrogen-bond donors (Lipinski definition) is 1. The van der Waals surface area contributed by atoms with Crippen LogP contribution in [0.3, 0.4) is 0 Å². The van der Waals surface area contributed by atoms with Crippen molar-refractivity contribution in [1.82, 2.24) is 14.8 Å². The number of alkyl halides is 3. The molecule has 3 aromatic rings. The van der Waals surface area contributed by atoms with Crippen LogP contribution in [0.4, 0.5) is 18.9 Å². The van der Waals surface area contributed by atoms with E-state index in [0.717, 1.165) is 41.8 Å². The van der Waals surface area contributed by atoms with Gasteiger partial charge in [-0.2, -0.15) is 18.3 Å². The zero-order valence-electron chi connectivity index (χ0n) is 16.2. The van der Waals surface area contributed by atoms with Crippen molar-refractivity contribution in [3.63, 3.8) is 0 Å². The fourth-order valence-corrected chi connectivity index (χ4v) is 3.40. The number of carbonyl (C=O) groups excluding carboxylic acids is 1. The van der Waals surface area contributed by atoms with Gasteiger partial charge in [0.15, 0.2) is 12.3 Å². The number of aryl methyl sites for hydroxylation is 1. The Morgan fingerprint density at radius 1 is 1.17 bits per heavy atom. The van der Waals surface area contributed by atoms with Crippen LogP contribution in [0.2, 0.25) is 0 Å². The number of ether oxygens (including phenoxy) is 1. The van der Waals surface area contributed by atoms with Crippen LogP contribution >= 0.6 is 0 Å². The summed E-state index contributed by atoms with van der Waals surface area (Å²) < 4.78 is 43.0. The second kappa shape index (κ2) is 7.81. The normalized spacial score (nSPS) is 13.2. The zero-order valence-corrected chi connectivity index (χ0v) is 16.2. The van der Waals surface area contributed by atoms with Crippen molar-refractivity contribution in [3.8, 4) is 11.6 Å². The van der Waals surface area contributed by atoms with Gasteiger partial charge in [0.25, 0.3) is 5.91 Å². The molecule has 0 aliphatic heterocycles. The minimum atomic E-state index is -4.44. The second-order valence-corrected chi connectivity index (χ2v) is 7.12. The van der Waals surface area contributed by atoms with Crippen molar-refractivity contribution in [2.24, 2.45) is 0 Å². The molecule has 4 rings (SSSR count). The van der Waals surface area contributed by atoms with Crippen LogP contribution in [-0.2, 0) is 12.8 Å². The monoisotopic (exact) mass is 416 g/mol. The molecular weight excluding hydrogens is 397 g/mol. The molecule has 156 valence electrons. The van der Waals surface area contributed by atoms with Gasteiger partial charge in [-0.3, -0.25) is 4.79 Å². The van der Waals surface area contributed by atoms with Crippen LogP contribution in [0.5, 0.6) is 5.88 Å². The number of hydrogen-bond acceptors (Lipinski definition) is 4. The lowest BCUT2D eigenvalue weighted by atomic mass is 10.2. The summed E-state index contributed by atoms with van der Waals surface area (Å²) in [5, 5.41) is 7.24. The lowest BCUT2D eigenvalue weighted by molar-refractivity contribution is -0.154. The van der Waals surface area contributed by atoms with Gasteiger partial charge in [0, 0.05) is 17.3 Å². The molecule has 2 aromatic heterocycles. The number of fused-ring (bicyclic) bond motifs is 1. The van der Waals surface area contributed by atoms with E-state index in [0.29, 0.717) is 11.4 Å². The van der Waals surface area contributed by atoms with Crippen molar-refractivity contribution >= 4 is 11.6 Å². The van der Waals surface area contributed by atoms with Gasteiger partial charge in [-0.1, -0.05) is 17.7 Å². The van der Waals surface area contributed by atoms with E-state index >= 15 is 0 Å². The molecule has 30 heavy (non-hydrogen) atoms. The molecular formula is C21H19F3N4O2. The van der Waals surface area contributed by atoms with E-state index in [4.69, 9.17) is 0 Å². The van der Waals surface area contributed by atoms with Gasteiger partial charge >= 0.3 is 6.18 Å². The summed E-state index contributed by atoms with van der Waals surface area (Å²) in [5.41, 5.74) is 4.67. The zero-order chi connectivity index (χ0) is 21.3. The Morgan fingerprint density at radius 3 is 2.60 bits per heavy atom. The number of nitrogens with one attached hydrogen (secondary N) is 1. The summed E-state index contributed by atoms with van der Waals surface area (Å²) in [7, 11) is 0. The summed E-state index contributed by atoms with van der Waals surface area (Å²) in [4.78, 5) is 16.6. The Morgan fingerprint density at radius 2 is 1.93 bits per heavy atom. The van der Waals surface area contributed by atoms with Gasteiger partial charge < -0.3 is 10.1 Å². The number of benzene rings is 1. The number of anilines is 1. The molecule has 0 spiro atoms. The molecule has 0 bridgehead atoms. The molecule has 1 amide bonds. The molecule has 9 heteroatoms. The van der Waals surface area contributed by atoms with Crippen molar-refractivity contribution in [3.05, 3.63) is 65.1 Å². The van der Waals surface area contributed by atoms with Gasteiger partial charge in [-0.15, -0.1) is 0 Å². The fourth-order valence-electron chi connectivity index (χ4n) is 3.40. The van der Waals surface area contributed by atoms with Gasteiger partial charge in [-0.25, -0.2) is 9.67 Å². The number of pyridine rings is 1. The summed E-state index contributed by atoms with van der Waals surface area (Å²) in [6.45, 7) is 0.581. The minimum absolute atomic E-state index is 0.171. The van der Waals surface area contributed by atoms with Crippen LogP contribution in [0.25, 0.3) is 5.69 Å². The smallest absolute Gasteiger partial charge is 0.422 e. The van der Waals surface area contributed by atoms with E-state index in [1.54, 1.807) is 0 Å². The lowest BCUT2D eigenvalue weighted by Gasteiger charge is -2.09. The predicted octanol–water partition coefficient (Wildman–Crippen LogP) is 4.26. The number of rotatable bonds is 5. The molecule has 2 heterocycles. The SMILES string of the molecule is Cc1ccc(-n2nc(C(=O)Nc3ccc(OCC(F)(F)F)nc3)c3c2CCC3)cc1. The van der Waals surface area contributed by atoms with E-state index in [9.17, 15) is 18.0 Å². The highest BCUT2D eigenvalue weighted by Gasteiger charge is 2.29. The predicted molar refractivity (Wildman–Crippen MR) is 104 cm³/mol. The number of carbonyl (C=O) groups is 1. The van der Waals surface area contributed by atoms with Crippen molar-refractivity contribution in [1.29, 1.82) is 0 Å². The Balaban J connectivity index is 1.51. The highest BCUT2D eigenvalue weighted by Crippen LogP contribution is 2.28. The number of halogens is 3. The molecule has 1 aromatic carbocycles. The third-order valence-corrected chi connectivity index (χ3v) is 4.80. The van der Waals surface area contributed by atoms with Gasteiger partial charge in [0.05, 0.1) is 17.6 Å². The molecule has 0 atom stereocenters. The Labute approximate surface area is 170 Å². The Bertz CT molecular complexity index is 1060. The molecule has 1 aliphatic carbocycles. The van der Waals surface area contributed by atoms with E-state index in [1.807, 2.05) is 35.9 Å². The van der Waals surface area contributed by atoms with Crippen LogP contribution in [0.15, 0.2) is 42.6 Å². The van der Waals surface area contributed by atoms with Gasteiger partial charge in [-0.05, 0) is 44.4 Å². The summed E-state index contributed by atoms with van der Waals surface area (Å²) in [5.74, 6) is -0.556. The molecule has 6 nitrogen and oxygen atoms in total. The molecule has 0 saturated carbocycles. The summed E-state index contributed by atoms with van der Waals surface area (Å²) in [6, 6.07) is 10.6. The lowest BCUT2D eigenvalue weighted by Crippen LogP contribution is -2.19. The topological polar surface area (TPSA) is 69.0 Å². The average molecular weight is 416 g/mol. The minimum Gasteiger partial charge on any atom is -0.468 e. The van der Waals surface area contributed by atoms with E-state index in [-0.39, 0.29) is 11.8 Å². The highest BCUT2D eigenvalue weighted by molar-refractivity contribution is 6.04. The fraction of sp³-hybridized carbons (Fsp3) is 0.286. The third-order valence-electron chi connectivity index (χ3n) is 4.80. The third kappa shape index (κ3) is 4.29. The molecule has 1 N–H and O–H groups in total. The molecule has 0 radical (unpaired) electrons. The molecule has 0 fully saturated rings. The summed E-state index contributed by atoms with van der Waals surface area (Å²) >= 11 is 0. The van der Waals surface area contributed by atoms with Crippen molar-refractivity contribution < 1.29 is 22.7 Å². The Kier molecular flexibility index (Phi) is 5.19. The molecule has 0 unspecified atom stereocenters. The first-order chi connectivity index (χ1) is 14.3. The average Bonchev–Trinajstić information content (AvgIpc) is 3.30. The standard InChI is InChI=1S/C21H19F3N4O2/c1-13-5-8-15(9-6-13)28-17-4-2-3-16(17)19(27-28)20(29)26-14-7-10-18(25-11-14)30-12-21(22,23)24/h5-11H,2-4,12H2,1H3,(H,26,29). The first-order valence-electron chi connectivity index (χ1n) is 9.45. The maximum atomic E-state index is 12.8. The van der Waals surface area contributed by atoms with Crippen LogP contribution < -0.4 is 10.1 Å². The Hall–Kier alpha value is -3.36. The molecule has 1 aliphatic rings. The van der Waals surface area contributed by atoms with Crippen LogP contribution in [0, 0.1) is 6.92 Å². The van der Waals surface area contributed by atoms with Gasteiger partial charge in [0.2, 0.25) is 5.88 Å². The highest BCUT2D eigenvalue weighted by atomic mass is 19.4. The van der Waals surface area contributed by atoms with E-state index in [1.165, 1.54) is 18.3 Å². The number of aromatic nitrogens is 3. The molecule has 0 saturated heterocycles. The van der Waals surface area contributed by atoms with Crippen LogP contribution in [-0.4, -0.2) is 33.5 Å². The van der Waals surface area contributed by atoms with Gasteiger partial charge in [0.1, 0.15) is 0 Å². The number of amides is 1. The first-order valence-corrected chi connectivity index (χ1v) is 9.45. The second-order valence-electron chi connectivity index (χ2n) is 7.12. The van der Waals surface area contributed by atoms with Crippen molar-refractivity contribution in [2.45, 2.75) is 32.4 Å². The maximum absolute atomic E-state index is 12.8. The van der Waals surface area contributed by atoms with E-state index in [2.05, 4.69) is 20.1 Å². The first kappa shape index (κ1) is 19.9. The quantitative estimate of drug-likeness (QED) is 0.675.